The number of carbonyl (C=O) groups is 1. The summed E-state index contributed by atoms with van der Waals surface area (Å²) in [6, 6.07) is 0. The molecule has 1 N–H and O–H groups in total. The summed E-state index contributed by atoms with van der Waals surface area (Å²) in [5.41, 5.74) is -0.373. The van der Waals surface area contributed by atoms with Gasteiger partial charge in [-0.3, -0.25) is 4.79 Å². The van der Waals surface area contributed by atoms with E-state index in [-0.39, 0.29) is 17.9 Å². The number of rotatable bonds is 3. The van der Waals surface area contributed by atoms with Crippen molar-refractivity contribution in [2.24, 2.45) is 5.18 Å². The van der Waals surface area contributed by atoms with Crippen LogP contribution in [0.4, 0.5) is 0 Å². The first-order valence-corrected chi connectivity index (χ1v) is 2.89. The van der Waals surface area contributed by atoms with Crippen molar-refractivity contribution in [3.8, 4) is 0 Å². The van der Waals surface area contributed by atoms with E-state index in [0.29, 0.717) is 0 Å². The highest BCUT2D eigenvalue weighted by Crippen LogP contribution is 2.06. The number of nitroso groups, excluding NO2 is 1. The van der Waals surface area contributed by atoms with Crippen LogP contribution < -0.4 is 0 Å². The molecule has 0 unspecified atom stereocenters. The minimum absolute atomic E-state index is 0.248. The van der Waals surface area contributed by atoms with Crippen LogP contribution in [0.15, 0.2) is 16.6 Å². The van der Waals surface area contributed by atoms with Gasteiger partial charge in [0.15, 0.2) is 11.5 Å². The summed E-state index contributed by atoms with van der Waals surface area (Å²) in [6.45, 7) is 2.81. The number of ketones is 1. The fourth-order valence-electron chi connectivity index (χ4n) is 0.488. The third-order valence-corrected chi connectivity index (χ3v) is 1.03. The van der Waals surface area contributed by atoms with Crippen molar-refractivity contribution in [3.05, 3.63) is 16.4 Å². The van der Waals surface area contributed by atoms with Gasteiger partial charge in [-0.2, -0.15) is 0 Å². The number of carbonyl (C=O) groups excluding carboxylic acids is 1. The topological polar surface area (TPSA) is 66.7 Å². The third kappa shape index (κ3) is 1.97. The summed E-state index contributed by atoms with van der Waals surface area (Å²) in [4.78, 5) is 20.3. The predicted molar refractivity (Wildman–Crippen MR) is 36.4 cm³/mol. The van der Waals surface area contributed by atoms with Crippen LogP contribution in [-0.4, -0.2) is 10.9 Å². The minimum atomic E-state index is -0.505. The molecule has 0 aliphatic carbocycles. The molecule has 0 amide bonds. The van der Waals surface area contributed by atoms with Crippen molar-refractivity contribution in [1.82, 2.24) is 0 Å². The largest absolute Gasteiger partial charge is 0.510 e. The van der Waals surface area contributed by atoms with Crippen molar-refractivity contribution in [2.75, 3.05) is 0 Å². The summed E-state index contributed by atoms with van der Waals surface area (Å²) in [5, 5.41) is 11.2. The third-order valence-electron chi connectivity index (χ3n) is 1.03. The second kappa shape index (κ2) is 3.76. The van der Waals surface area contributed by atoms with E-state index in [1.807, 2.05) is 0 Å². The lowest BCUT2D eigenvalue weighted by molar-refractivity contribution is -0.113. The van der Waals surface area contributed by atoms with Crippen molar-refractivity contribution in [3.63, 3.8) is 0 Å². The maximum atomic E-state index is 10.5. The molecule has 0 aromatic rings. The standard InChI is InChI=1S/C6H9NO3/c1-3-5(9)6(7-10)4(2)8/h9H,3H2,1-2H3. The lowest BCUT2D eigenvalue weighted by Crippen LogP contribution is -1.97. The van der Waals surface area contributed by atoms with Gasteiger partial charge in [-0.15, -0.1) is 4.91 Å². The summed E-state index contributed by atoms with van der Waals surface area (Å²) in [7, 11) is 0. The number of hydrogen-bond donors (Lipinski definition) is 1. The summed E-state index contributed by atoms with van der Waals surface area (Å²) in [5.74, 6) is -0.753. The van der Waals surface area contributed by atoms with Crippen LogP contribution in [-0.2, 0) is 4.79 Å². The first kappa shape index (κ1) is 8.81. The Bertz CT molecular complexity index is 183. The Balaban J connectivity index is 4.62. The number of hydrogen-bond acceptors (Lipinski definition) is 4. The molecular formula is C6H9NO3. The highest BCUT2D eigenvalue weighted by molar-refractivity contribution is 5.93. The molecule has 0 atom stereocenters. The molecule has 0 aliphatic heterocycles. The van der Waals surface area contributed by atoms with Gasteiger partial charge in [-0.25, -0.2) is 0 Å². The molecule has 4 nitrogen and oxygen atoms in total. The molecule has 0 aromatic heterocycles. The van der Waals surface area contributed by atoms with Crippen LogP contribution in [0.3, 0.4) is 0 Å². The van der Waals surface area contributed by atoms with Gasteiger partial charge in [0.1, 0.15) is 5.76 Å². The normalized spacial score (nSPS) is 12.2. The van der Waals surface area contributed by atoms with E-state index in [0.717, 1.165) is 0 Å². The van der Waals surface area contributed by atoms with Gasteiger partial charge >= 0.3 is 0 Å². The Morgan fingerprint density at radius 1 is 1.60 bits per heavy atom. The Morgan fingerprint density at radius 2 is 2.10 bits per heavy atom. The van der Waals surface area contributed by atoms with Crippen LogP contribution >= 0.6 is 0 Å². The lowest BCUT2D eigenvalue weighted by atomic mass is 10.2. The lowest BCUT2D eigenvalue weighted by Gasteiger charge is -1.94. The fraction of sp³-hybridized carbons (Fsp3) is 0.500. The molecule has 4 heteroatoms. The van der Waals surface area contributed by atoms with Gasteiger partial charge in [-0.1, -0.05) is 6.92 Å². The minimum Gasteiger partial charge on any atom is -0.510 e. The molecule has 0 fully saturated rings. The zero-order valence-corrected chi connectivity index (χ0v) is 5.92. The highest BCUT2D eigenvalue weighted by Gasteiger charge is 2.08. The zero-order chi connectivity index (χ0) is 8.15. The SMILES string of the molecule is CCC(O)=C(N=O)C(C)=O. The van der Waals surface area contributed by atoms with E-state index < -0.39 is 5.78 Å². The number of allylic oxidation sites excluding steroid dienone is 2. The molecule has 0 bridgehead atoms. The summed E-state index contributed by atoms with van der Waals surface area (Å²) < 4.78 is 0. The van der Waals surface area contributed by atoms with Crippen LogP contribution in [0.1, 0.15) is 20.3 Å². The molecule has 0 saturated heterocycles. The first-order valence-electron chi connectivity index (χ1n) is 2.89. The Kier molecular flexibility index (Phi) is 3.32. The maximum Gasteiger partial charge on any atom is 0.187 e. The Morgan fingerprint density at radius 3 is 2.20 bits per heavy atom. The molecule has 0 rings (SSSR count). The van der Waals surface area contributed by atoms with Crippen LogP contribution in [0.2, 0.25) is 0 Å². The molecule has 0 radical (unpaired) electrons. The van der Waals surface area contributed by atoms with Gasteiger partial charge in [0, 0.05) is 13.3 Å². The Labute approximate surface area is 58.5 Å². The molecule has 0 aromatic carbocycles. The van der Waals surface area contributed by atoms with E-state index in [2.05, 4.69) is 5.18 Å². The van der Waals surface area contributed by atoms with Gasteiger partial charge in [0.2, 0.25) is 0 Å². The van der Waals surface area contributed by atoms with Gasteiger partial charge in [0.25, 0.3) is 0 Å². The first-order chi connectivity index (χ1) is 4.63. The van der Waals surface area contributed by atoms with Gasteiger partial charge in [-0.05, 0) is 5.18 Å². The summed E-state index contributed by atoms with van der Waals surface area (Å²) >= 11 is 0. The maximum absolute atomic E-state index is 10.5. The highest BCUT2D eigenvalue weighted by atomic mass is 16.3. The van der Waals surface area contributed by atoms with Gasteiger partial charge < -0.3 is 5.11 Å². The fourth-order valence-corrected chi connectivity index (χ4v) is 0.488. The van der Waals surface area contributed by atoms with Gasteiger partial charge in [0.05, 0.1) is 0 Å². The Hall–Kier alpha value is -1.19. The molecule has 56 valence electrons. The van der Waals surface area contributed by atoms with Crippen molar-refractivity contribution >= 4 is 5.78 Å². The van der Waals surface area contributed by atoms with Crippen molar-refractivity contribution < 1.29 is 9.90 Å². The molecule has 0 spiro atoms. The van der Waals surface area contributed by atoms with E-state index in [1.54, 1.807) is 6.92 Å². The molecule has 0 saturated carbocycles. The van der Waals surface area contributed by atoms with E-state index in [1.165, 1.54) is 6.92 Å². The number of nitrogens with zero attached hydrogens (tertiary/aromatic N) is 1. The van der Waals surface area contributed by atoms with Crippen molar-refractivity contribution in [2.45, 2.75) is 20.3 Å². The number of Topliss-reactive ketones (excluding diaryl/α,β-unsaturated/α-hetero) is 1. The average Bonchev–Trinajstić information content (AvgIpc) is 1.88. The van der Waals surface area contributed by atoms with Crippen LogP contribution in [0, 0.1) is 4.91 Å². The van der Waals surface area contributed by atoms with E-state index >= 15 is 0 Å². The van der Waals surface area contributed by atoms with Crippen LogP contribution in [0.25, 0.3) is 0 Å². The monoisotopic (exact) mass is 143 g/mol. The second-order valence-corrected chi connectivity index (χ2v) is 1.80. The smallest absolute Gasteiger partial charge is 0.187 e. The molecule has 0 aliphatic rings. The molecule has 0 heterocycles. The van der Waals surface area contributed by atoms with Crippen LogP contribution in [0.5, 0.6) is 0 Å². The van der Waals surface area contributed by atoms with E-state index in [4.69, 9.17) is 5.11 Å². The quantitative estimate of drug-likeness (QED) is 0.370. The number of aliphatic hydroxyl groups is 1. The zero-order valence-electron chi connectivity index (χ0n) is 5.92. The average molecular weight is 143 g/mol. The number of aliphatic hydroxyl groups excluding tert-OH is 1. The summed E-state index contributed by atoms with van der Waals surface area (Å²) in [6.07, 6.45) is 0.251. The second-order valence-electron chi connectivity index (χ2n) is 1.80. The molecular weight excluding hydrogens is 134 g/mol. The van der Waals surface area contributed by atoms with Crippen molar-refractivity contribution in [1.29, 1.82) is 0 Å². The van der Waals surface area contributed by atoms with E-state index in [9.17, 15) is 9.70 Å². The predicted octanol–water partition coefficient (Wildman–Crippen LogP) is 1.52. The molecule has 10 heavy (non-hydrogen) atoms.